The molecule has 174 valence electrons. The van der Waals surface area contributed by atoms with Crippen LogP contribution in [0.25, 0.3) is 0 Å². The third kappa shape index (κ3) is 5.34. The van der Waals surface area contributed by atoms with Crippen LogP contribution < -0.4 is 10.6 Å². The highest BCUT2D eigenvalue weighted by molar-refractivity contribution is 6.08. The van der Waals surface area contributed by atoms with Crippen LogP contribution in [0.5, 0.6) is 0 Å². The summed E-state index contributed by atoms with van der Waals surface area (Å²) in [5.41, 5.74) is -0.979. The Balaban J connectivity index is 1.90. The number of likely N-dealkylation sites (N-methyl/N-ethyl adjacent to an activating group) is 1. The molecule has 0 aromatic carbocycles. The monoisotopic (exact) mass is 438 g/mol. The Kier molecular flexibility index (Phi) is 8.02. The van der Waals surface area contributed by atoms with Gasteiger partial charge in [-0.3, -0.25) is 24.1 Å². The number of hydrogen-bond acceptors (Lipinski definition) is 6. The van der Waals surface area contributed by atoms with Crippen molar-refractivity contribution in [3.8, 4) is 0 Å². The van der Waals surface area contributed by atoms with Crippen LogP contribution in [0.15, 0.2) is 0 Å². The van der Waals surface area contributed by atoms with Crippen molar-refractivity contribution in [2.45, 2.75) is 77.4 Å². The third-order valence-electron chi connectivity index (χ3n) is 6.33. The summed E-state index contributed by atoms with van der Waals surface area (Å²) >= 11 is 0. The van der Waals surface area contributed by atoms with E-state index < -0.39 is 29.4 Å². The largest absolute Gasteiger partial charge is 0.465 e. The molecule has 1 aliphatic heterocycles. The second-order valence-electron chi connectivity index (χ2n) is 8.40. The number of carbonyl (C=O) groups excluding carboxylic acids is 5. The number of amides is 5. The molecule has 1 saturated heterocycles. The Hall–Kier alpha value is -2.65. The van der Waals surface area contributed by atoms with E-state index in [1.54, 1.807) is 34.7 Å². The SMILES string of the molecule is CCOC(=O)C(CC)C(=O)NC1CCC(N(C)C(=O)CN2C(=O)NC(C)(CC)C2=O)C1. The first-order valence-electron chi connectivity index (χ1n) is 10.9. The van der Waals surface area contributed by atoms with Gasteiger partial charge < -0.3 is 20.3 Å². The summed E-state index contributed by atoms with van der Waals surface area (Å²) in [4.78, 5) is 64.3. The van der Waals surface area contributed by atoms with Crippen molar-refractivity contribution in [2.75, 3.05) is 20.2 Å². The van der Waals surface area contributed by atoms with Gasteiger partial charge in [0, 0.05) is 19.1 Å². The molecule has 2 fully saturated rings. The summed E-state index contributed by atoms with van der Waals surface area (Å²) in [5, 5.41) is 5.53. The van der Waals surface area contributed by atoms with Gasteiger partial charge >= 0.3 is 12.0 Å². The lowest BCUT2D eigenvalue weighted by atomic mass is 9.99. The van der Waals surface area contributed by atoms with Crippen molar-refractivity contribution >= 4 is 29.7 Å². The molecule has 0 aromatic heterocycles. The molecule has 1 saturated carbocycles. The van der Waals surface area contributed by atoms with E-state index >= 15 is 0 Å². The van der Waals surface area contributed by atoms with Crippen LogP contribution in [0.4, 0.5) is 4.79 Å². The Morgan fingerprint density at radius 2 is 1.94 bits per heavy atom. The van der Waals surface area contributed by atoms with Gasteiger partial charge in [-0.1, -0.05) is 13.8 Å². The van der Waals surface area contributed by atoms with E-state index in [1.165, 1.54) is 4.90 Å². The minimum atomic E-state index is -0.979. The molecule has 10 nitrogen and oxygen atoms in total. The predicted molar refractivity (Wildman–Crippen MR) is 112 cm³/mol. The van der Waals surface area contributed by atoms with Gasteiger partial charge in [0.15, 0.2) is 0 Å². The van der Waals surface area contributed by atoms with Crippen molar-refractivity contribution in [2.24, 2.45) is 5.92 Å². The highest BCUT2D eigenvalue weighted by atomic mass is 16.5. The standard InChI is InChI=1S/C21H34N4O6/c1-6-15(18(28)31-8-3)17(27)22-13-9-10-14(11-13)24(5)16(26)12-25-19(29)21(4,7-2)23-20(25)30/h13-15H,6-12H2,1-5H3,(H,22,27)(H,23,30). The molecule has 2 N–H and O–H groups in total. The number of urea groups is 1. The molecule has 0 bridgehead atoms. The van der Waals surface area contributed by atoms with Crippen molar-refractivity contribution in [1.82, 2.24) is 20.4 Å². The molecule has 0 radical (unpaired) electrons. The summed E-state index contributed by atoms with van der Waals surface area (Å²) in [7, 11) is 1.64. The zero-order valence-corrected chi connectivity index (χ0v) is 19.0. The number of ether oxygens (including phenoxy) is 1. The predicted octanol–water partition coefficient (Wildman–Crippen LogP) is 0.792. The number of hydrogen-bond donors (Lipinski definition) is 2. The number of nitrogens with zero attached hydrogens (tertiary/aromatic N) is 2. The first-order chi connectivity index (χ1) is 14.6. The van der Waals surface area contributed by atoms with Crippen LogP contribution in [0.3, 0.4) is 0 Å². The van der Waals surface area contributed by atoms with Crippen LogP contribution >= 0.6 is 0 Å². The molecule has 4 atom stereocenters. The van der Waals surface area contributed by atoms with Gasteiger partial charge in [-0.15, -0.1) is 0 Å². The maximum atomic E-state index is 12.7. The fourth-order valence-corrected chi connectivity index (χ4v) is 4.02. The summed E-state index contributed by atoms with van der Waals surface area (Å²) in [6.07, 6.45) is 2.68. The second kappa shape index (κ2) is 10.1. The van der Waals surface area contributed by atoms with E-state index in [9.17, 15) is 24.0 Å². The average molecular weight is 439 g/mol. The van der Waals surface area contributed by atoms with E-state index in [-0.39, 0.29) is 37.0 Å². The van der Waals surface area contributed by atoms with Gasteiger partial charge in [0.1, 0.15) is 18.0 Å². The van der Waals surface area contributed by atoms with Gasteiger partial charge in [0.05, 0.1) is 6.61 Å². The fourth-order valence-electron chi connectivity index (χ4n) is 4.02. The highest BCUT2D eigenvalue weighted by Crippen LogP contribution is 2.25. The van der Waals surface area contributed by atoms with Crippen LogP contribution in [0.1, 0.15) is 59.8 Å². The molecule has 10 heteroatoms. The van der Waals surface area contributed by atoms with Gasteiger partial charge in [0.25, 0.3) is 5.91 Å². The minimum absolute atomic E-state index is 0.126. The van der Waals surface area contributed by atoms with Crippen molar-refractivity contribution < 1.29 is 28.7 Å². The molecule has 5 amide bonds. The number of rotatable bonds is 9. The molecule has 2 aliphatic rings. The number of nitrogens with one attached hydrogen (secondary N) is 2. The first-order valence-corrected chi connectivity index (χ1v) is 10.9. The van der Waals surface area contributed by atoms with Crippen molar-refractivity contribution in [3.05, 3.63) is 0 Å². The lowest BCUT2D eigenvalue weighted by Crippen LogP contribution is -2.47. The minimum Gasteiger partial charge on any atom is -0.465 e. The van der Waals surface area contributed by atoms with E-state index in [1.807, 2.05) is 0 Å². The fraction of sp³-hybridized carbons (Fsp3) is 0.762. The Bertz CT molecular complexity index is 741. The summed E-state index contributed by atoms with van der Waals surface area (Å²) in [5.74, 6) is -2.47. The zero-order valence-electron chi connectivity index (χ0n) is 19.0. The van der Waals surface area contributed by atoms with Gasteiger partial charge in [0.2, 0.25) is 11.8 Å². The summed E-state index contributed by atoms with van der Waals surface area (Å²) in [6.45, 7) is 6.80. The Morgan fingerprint density at radius 3 is 2.48 bits per heavy atom. The molecule has 1 aliphatic carbocycles. The maximum Gasteiger partial charge on any atom is 0.325 e. The van der Waals surface area contributed by atoms with Crippen molar-refractivity contribution in [1.29, 1.82) is 0 Å². The lowest BCUT2D eigenvalue weighted by molar-refractivity contribution is -0.152. The summed E-state index contributed by atoms with van der Waals surface area (Å²) in [6, 6.07) is -0.840. The van der Waals surface area contributed by atoms with Gasteiger partial charge in [-0.05, 0) is 46.0 Å². The molecule has 31 heavy (non-hydrogen) atoms. The quantitative estimate of drug-likeness (QED) is 0.312. The van der Waals surface area contributed by atoms with Crippen LogP contribution in [-0.4, -0.2) is 77.3 Å². The van der Waals surface area contributed by atoms with Gasteiger partial charge in [-0.2, -0.15) is 0 Å². The average Bonchev–Trinajstić information content (AvgIpc) is 3.26. The van der Waals surface area contributed by atoms with Crippen LogP contribution in [0, 0.1) is 5.92 Å². The molecule has 1 heterocycles. The molecule has 2 rings (SSSR count). The van der Waals surface area contributed by atoms with E-state index in [0.717, 1.165) is 4.90 Å². The van der Waals surface area contributed by atoms with Crippen LogP contribution in [0.2, 0.25) is 0 Å². The van der Waals surface area contributed by atoms with E-state index in [2.05, 4.69) is 10.6 Å². The Labute approximate surface area is 183 Å². The van der Waals surface area contributed by atoms with E-state index in [0.29, 0.717) is 32.1 Å². The molecular weight excluding hydrogens is 404 g/mol. The normalized spacial score (nSPS) is 26.4. The third-order valence-corrected chi connectivity index (χ3v) is 6.33. The molecule has 0 spiro atoms. The zero-order chi connectivity index (χ0) is 23.3. The lowest BCUT2D eigenvalue weighted by Gasteiger charge is -2.27. The molecule has 0 aromatic rings. The maximum absolute atomic E-state index is 12.7. The molecular formula is C21H34N4O6. The molecule has 4 unspecified atom stereocenters. The summed E-state index contributed by atoms with van der Waals surface area (Å²) < 4.78 is 4.96. The highest BCUT2D eigenvalue weighted by Gasteiger charge is 2.47. The first kappa shape index (κ1) is 24.6. The van der Waals surface area contributed by atoms with Crippen LogP contribution in [-0.2, 0) is 23.9 Å². The smallest absolute Gasteiger partial charge is 0.325 e. The Morgan fingerprint density at radius 1 is 1.26 bits per heavy atom. The topological polar surface area (TPSA) is 125 Å². The van der Waals surface area contributed by atoms with E-state index in [4.69, 9.17) is 4.74 Å². The van der Waals surface area contributed by atoms with Crippen molar-refractivity contribution in [3.63, 3.8) is 0 Å². The number of imide groups is 1. The van der Waals surface area contributed by atoms with Gasteiger partial charge in [-0.25, -0.2) is 4.79 Å². The number of esters is 1. The second-order valence-corrected chi connectivity index (χ2v) is 8.40. The number of carbonyl (C=O) groups is 5.